The maximum Gasteiger partial charge on any atom is 0.422 e. The van der Waals surface area contributed by atoms with Crippen molar-refractivity contribution in [3.63, 3.8) is 0 Å². The number of carbonyl (C=O) groups excluding carboxylic acids is 1. The highest BCUT2D eigenvalue weighted by atomic mass is 19.4. The molecular formula is C18H25F3N2O3. The zero-order valence-corrected chi connectivity index (χ0v) is 15.0. The Bertz CT molecular complexity index is 579. The van der Waals surface area contributed by atoms with Crippen LogP contribution in [-0.2, 0) is 9.53 Å². The molecule has 1 atom stereocenters. The number of hydrogen-bond acceptors (Lipinski definition) is 4. The van der Waals surface area contributed by atoms with Crippen LogP contribution in [0.25, 0.3) is 0 Å². The van der Waals surface area contributed by atoms with E-state index in [1.807, 2.05) is 6.92 Å². The molecule has 1 aromatic carbocycles. The quantitative estimate of drug-likeness (QED) is 0.771. The van der Waals surface area contributed by atoms with E-state index in [0.29, 0.717) is 19.4 Å². The van der Waals surface area contributed by atoms with E-state index in [4.69, 9.17) is 9.47 Å². The maximum atomic E-state index is 12.8. The minimum Gasteiger partial charge on any atom is -0.484 e. The van der Waals surface area contributed by atoms with E-state index >= 15 is 0 Å². The molecule has 8 heteroatoms. The lowest BCUT2D eigenvalue weighted by molar-refractivity contribution is -0.153. The molecule has 1 aromatic rings. The number of methoxy groups -OCH3 is 1. The van der Waals surface area contributed by atoms with E-state index in [1.165, 1.54) is 12.1 Å². The third-order valence-corrected chi connectivity index (χ3v) is 4.59. The summed E-state index contributed by atoms with van der Waals surface area (Å²) in [6.45, 7) is 2.39. The molecule has 1 unspecified atom stereocenters. The Labute approximate surface area is 151 Å². The van der Waals surface area contributed by atoms with Gasteiger partial charge in [0, 0.05) is 7.11 Å². The predicted octanol–water partition coefficient (Wildman–Crippen LogP) is 2.82. The Balaban J connectivity index is 1.97. The molecule has 1 amide bonds. The molecular weight excluding hydrogens is 349 g/mol. The van der Waals surface area contributed by atoms with Gasteiger partial charge < -0.3 is 20.1 Å². The van der Waals surface area contributed by atoms with Crippen molar-refractivity contribution in [1.82, 2.24) is 10.6 Å². The minimum absolute atomic E-state index is 0.0641. The molecule has 2 N–H and O–H groups in total. The fourth-order valence-electron chi connectivity index (χ4n) is 3.07. The first-order chi connectivity index (χ1) is 12.3. The summed E-state index contributed by atoms with van der Waals surface area (Å²) >= 11 is 0. The Kier molecular flexibility index (Phi) is 6.88. The minimum atomic E-state index is -4.37. The van der Waals surface area contributed by atoms with Crippen LogP contribution in [-0.4, -0.2) is 45.5 Å². The Morgan fingerprint density at radius 2 is 1.88 bits per heavy atom. The summed E-state index contributed by atoms with van der Waals surface area (Å²) in [6.07, 6.45) is -2.97. The number of rotatable bonds is 7. The first-order valence-electron chi connectivity index (χ1n) is 8.56. The average molecular weight is 374 g/mol. The fraction of sp³-hybridized carbons (Fsp3) is 0.611. The molecule has 0 spiro atoms. The highest BCUT2D eigenvalue weighted by Gasteiger charge is 2.40. The van der Waals surface area contributed by atoms with Crippen molar-refractivity contribution in [2.75, 3.05) is 33.4 Å². The van der Waals surface area contributed by atoms with Crippen LogP contribution in [0.1, 0.15) is 31.4 Å². The SMILES string of the molecule is COCC1(C(=O)NC(C)c2ccc(OCC(F)(F)F)cc2)CCNCC1. The van der Waals surface area contributed by atoms with Gasteiger partial charge in [-0.2, -0.15) is 13.2 Å². The number of hydrogen-bond donors (Lipinski definition) is 2. The number of nitrogens with one attached hydrogen (secondary N) is 2. The van der Waals surface area contributed by atoms with Gasteiger partial charge in [0.05, 0.1) is 18.1 Å². The Hall–Kier alpha value is -1.80. The van der Waals surface area contributed by atoms with Crippen LogP contribution in [0.2, 0.25) is 0 Å². The van der Waals surface area contributed by atoms with Gasteiger partial charge in [-0.15, -0.1) is 0 Å². The van der Waals surface area contributed by atoms with E-state index < -0.39 is 18.2 Å². The number of amides is 1. The summed E-state index contributed by atoms with van der Waals surface area (Å²) in [5.41, 5.74) is 0.239. The highest BCUT2D eigenvalue weighted by molar-refractivity contribution is 5.83. The Morgan fingerprint density at radius 3 is 2.42 bits per heavy atom. The summed E-state index contributed by atoms with van der Waals surface area (Å²) in [7, 11) is 1.58. The number of benzene rings is 1. The van der Waals surface area contributed by atoms with Gasteiger partial charge in [0.25, 0.3) is 0 Å². The monoisotopic (exact) mass is 374 g/mol. The second-order valence-corrected chi connectivity index (χ2v) is 6.63. The molecule has 0 aliphatic carbocycles. The second kappa shape index (κ2) is 8.73. The van der Waals surface area contributed by atoms with Crippen molar-refractivity contribution in [1.29, 1.82) is 0 Å². The van der Waals surface area contributed by atoms with Crippen LogP contribution in [0.5, 0.6) is 5.75 Å². The molecule has 1 heterocycles. The third-order valence-electron chi connectivity index (χ3n) is 4.59. The van der Waals surface area contributed by atoms with Crippen LogP contribution >= 0.6 is 0 Å². The molecule has 1 fully saturated rings. The van der Waals surface area contributed by atoms with Gasteiger partial charge in [0.15, 0.2) is 6.61 Å². The topological polar surface area (TPSA) is 59.6 Å². The van der Waals surface area contributed by atoms with E-state index in [9.17, 15) is 18.0 Å². The van der Waals surface area contributed by atoms with Gasteiger partial charge in [-0.3, -0.25) is 4.79 Å². The van der Waals surface area contributed by atoms with Gasteiger partial charge in [-0.05, 0) is 50.6 Å². The van der Waals surface area contributed by atoms with E-state index in [1.54, 1.807) is 19.2 Å². The normalized spacial score (nSPS) is 18.2. The van der Waals surface area contributed by atoms with E-state index in [-0.39, 0.29) is 17.7 Å². The summed E-state index contributed by atoms with van der Waals surface area (Å²) in [5.74, 6) is 0.0737. The maximum absolute atomic E-state index is 12.8. The van der Waals surface area contributed by atoms with Gasteiger partial charge in [0.2, 0.25) is 5.91 Å². The van der Waals surface area contributed by atoms with Gasteiger partial charge >= 0.3 is 6.18 Å². The zero-order valence-electron chi connectivity index (χ0n) is 15.0. The number of ether oxygens (including phenoxy) is 2. The van der Waals surface area contributed by atoms with Crippen molar-refractivity contribution in [2.45, 2.75) is 32.0 Å². The largest absolute Gasteiger partial charge is 0.484 e. The van der Waals surface area contributed by atoms with Crippen molar-refractivity contribution < 1.29 is 27.4 Å². The first kappa shape index (κ1) is 20.5. The molecule has 2 rings (SSSR count). The fourth-order valence-corrected chi connectivity index (χ4v) is 3.07. The number of piperidine rings is 1. The summed E-state index contributed by atoms with van der Waals surface area (Å²) in [5, 5.41) is 6.24. The standard InChI is InChI=1S/C18H25F3N2O3/c1-13(14-3-5-15(6-4-14)26-12-18(19,20)21)23-16(24)17(11-25-2)7-9-22-10-8-17/h3-6,13,22H,7-12H2,1-2H3,(H,23,24). The van der Waals surface area contributed by atoms with E-state index in [0.717, 1.165) is 18.7 Å². The highest BCUT2D eigenvalue weighted by Crippen LogP contribution is 2.30. The van der Waals surface area contributed by atoms with Gasteiger partial charge in [-0.1, -0.05) is 12.1 Å². The lowest BCUT2D eigenvalue weighted by Gasteiger charge is -2.36. The summed E-state index contributed by atoms with van der Waals surface area (Å²) in [4.78, 5) is 12.8. The lowest BCUT2D eigenvalue weighted by atomic mass is 9.78. The first-order valence-corrected chi connectivity index (χ1v) is 8.56. The van der Waals surface area contributed by atoms with Crippen LogP contribution in [0, 0.1) is 5.41 Å². The van der Waals surface area contributed by atoms with Crippen molar-refractivity contribution in [3.8, 4) is 5.75 Å². The predicted molar refractivity (Wildman–Crippen MR) is 91.0 cm³/mol. The lowest BCUT2D eigenvalue weighted by Crippen LogP contribution is -2.50. The third kappa shape index (κ3) is 5.60. The van der Waals surface area contributed by atoms with Gasteiger partial charge in [-0.25, -0.2) is 0 Å². The molecule has 1 aliphatic heterocycles. The van der Waals surface area contributed by atoms with Crippen LogP contribution < -0.4 is 15.4 Å². The Morgan fingerprint density at radius 1 is 1.27 bits per heavy atom. The molecule has 0 radical (unpaired) electrons. The molecule has 5 nitrogen and oxygen atoms in total. The number of halogens is 3. The van der Waals surface area contributed by atoms with Crippen LogP contribution in [0.15, 0.2) is 24.3 Å². The van der Waals surface area contributed by atoms with Crippen molar-refractivity contribution >= 4 is 5.91 Å². The van der Waals surface area contributed by atoms with Gasteiger partial charge in [0.1, 0.15) is 5.75 Å². The summed E-state index contributed by atoms with van der Waals surface area (Å²) in [6, 6.07) is 5.98. The molecule has 0 saturated carbocycles. The second-order valence-electron chi connectivity index (χ2n) is 6.63. The number of carbonyl (C=O) groups is 1. The van der Waals surface area contributed by atoms with Crippen LogP contribution in [0.4, 0.5) is 13.2 Å². The molecule has 0 bridgehead atoms. The summed E-state index contributed by atoms with van der Waals surface area (Å²) < 4.78 is 46.5. The van der Waals surface area contributed by atoms with Crippen molar-refractivity contribution in [2.24, 2.45) is 5.41 Å². The molecule has 26 heavy (non-hydrogen) atoms. The molecule has 1 saturated heterocycles. The zero-order chi connectivity index (χ0) is 19.2. The molecule has 146 valence electrons. The van der Waals surface area contributed by atoms with E-state index in [2.05, 4.69) is 10.6 Å². The van der Waals surface area contributed by atoms with Crippen LogP contribution in [0.3, 0.4) is 0 Å². The average Bonchev–Trinajstić information content (AvgIpc) is 2.60. The van der Waals surface area contributed by atoms with Crippen molar-refractivity contribution in [3.05, 3.63) is 29.8 Å². The smallest absolute Gasteiger partial charge is 0.422 e. The molecule has 1 aliphatic rings. The molecule has 0 aromatic heterocycles. The number of alkyl halides is 3.